The Morgan fingerprint density at radius 3 is 3.19 bits per heavy atom. The second-order valence-corrected chi connectivity index (χ2v) is 4.93. The summed E-state index contributed by atoms with van der Waals surface area (Å²) in [5, 5.41) is 0. The first kappa shape index (κ1) is 11.8. The number of hydrogen-bond donors (Lipinski definition) is 0. The fraction of sp³-hybridized carbons (Fsp3) is 0.545. The first-order valence-corrected chi connectivity index (χ1v) is 6.05. The molecule has 2 rings (SSSR count). The largest absolute Gasteiger partial charge is 0.384 e. The monoisotopic (exact) mass is 288 g/mol. The zero-order valence-corrected chi connectivity index (χ0v) is 10.7. The zero-order chi connectivity index (χ0) is 11.5. The van der Waals surface area contributed by atoms with E-state index in [1.165, 1.54) is 6.07 Å². The Kier molecular flexibility index (Phi) is 3.76. The lowest BCUT2D eigenvalue weighted by molar-refractivity contribution is 0.161. The minimum atomic E-state index is -0.271. The van der Waals surface area contributed by atoms with E-state index in [0.29, 0.717) is 16.2 Å². The molecule has 16 heavy (non-hydrogen) atoms. The van der Waals surface area contributed by atoms with Crippen LogP contribution in [0.2, 0.25) is 0 Å². The van der Waals surface area contributed by atoms with Crippen molar-refractivity contribution in [3.63, 3.8) is 0 Å². The number of nitrogens with zero attached hydrogens (tertiary/aromatic N) is 2. The first-order valence-electron chi connectivity index (χ1n) is 5.25. The van der Waals surface area contributed by atoms with Gasteiger partial charge in [0.2, 0.25) is 0 Å². The molecule has 0 spiro atoms. The van der Waals surface area contributed by atoms with E-state index in [9.17, 15) is 4.39 Å². The zero-order valence-electron chi connectivity index (χ0n) is 9.12. The standard InChI is InChI=1S/C11H14BrFN2O/c1-16-7-8-2-3-15(6-8)11-10(13)4-9(12)5-14-11/h4-5,8H,2-3,6-7H2,1H3. The predicted molar refractivity (Wildman–Crippen MR) is 64.1 cm³/mol. The Morgan fingerprint density at radius 2 is 2.50 bits per heavy atom. The van der Waals surface area contributed by atoms with Crippen LogP contribution >= 0.6 is 15.9 Å². The van der Waals surface area contributed by atoms with E-state index in [0.717, 1.165) is 26.1 Å². The highest BCUT2D eigenvalue weighted by Crippen LogP contribution is 2.25. The fourth-order valence-electron chi connectivity index (χ4n) is 2.04. The highest BCUT2D eigenvalue weighted by molar-refractivity contribution is 9.10. The van der Waals surface area contributed by atoms with Gasteiger partial charge < -0.3 is 9.64 Å². The second-order valence-electron chi connectivity index (χ2n) is 4.02. The number of methoxy groups -OCH3 is 1. The van der Waals surface area contributed by atoms with Crippen molar-refractivity contribution in [2.45, 2.75) is 6.42 Å². The molecule has 0 aliphatic carbocycles. The van der Waals surface area contributed by atoms with Gasteiger partial charge in [0, 0.05) is 36.8 Å². The highest BCUT2D eigenvalue weighted by atomic mass is 79.9. The Balaban J connectivity index is 2.08. The lowest BCUT2D eigenvalue weighted by Gasteiger charge is -2.17. The lowest BCUT2D eigenvalue weighted by Crippen LogP contribution is -2.23. The molecular weight excluding hydrogens is 275 g/mol. The van der Waals surface area contributed by atoms with Crippen molar-refractivity contribution >= 4 is 21.7 Å². The number of aromatic nitrogens is 1. The predicted octanol–water partition coefficient (Wildman–Crippen LogP) is 2.46. The summed E-state index contributed by atoms with van der Waals surface area (Å²) in [6.45, 7) is 2.40. The number of hydrogen-bond acceptors (Lipinski definition) is 3. The molecule has 1 aromatic heterocycles. The molecule has 88 valence electrons. The third-order valence-electron chi connectivity index (χ3n) is 2.78. The molecule has 1 atom stereocenters. The minimum absolute atomic E-state index is 0.271. The van der Waals surface area contributed by atoms with Crippen molar-refractivity contribution in [3.8, 4) is 0 Å². The van der Waals surface area contributed by atoms with Gasteiger partial charge in [0.15, 0.2) is 11.6 Å². The second kappa shape index (κ2) is 5.10. The smallest absolute Gasteiger partial charge is 0.166 e. The molecule has 0 N–H and O–H groups in total. The maximum Gasteiger partial charge on any atom is 0.166 e. The van der Waals surface area contributed by atoms with Crippen LogP contribution in [0.25, 0.3) is 0 Å². The summed E-state index contributed by atoms with van der Waals surface area (Å²) in [4.78, 5) is 6.10. The molecule has 2 heterocycles. The Bertz CT molecular complexity index is 375. The van der Waals surface area contributed by atoms with Gasteiger partial charge in [-0.2, -0.15) is 0 Å². The van der Waals surface area contributed by atoms with Crippen molar-refractivity contribution in [2.75, 3.05) is 31.7 Å². The molecule has 1 aliphatic rings. The van der Waals surface area contributed by atoms with Crippen LogP contribution in [-0.2, 0) is 4.74 Å². The molecule has 1 fully saturated rings. The topological polar surface area (TPSA) is 25.4 Å². The maximum atomic E-state index is 13.6. The molecule has 0 bridgehead atoms. The van der Waals surface area contributed by atoms with Crippen LogP contribution in [0.3, 0.4) is 0 Å². The SMILES string of the molecule is COCC1CCN(c2ncc(Br)cc2F)C1. The number of ether oxygens (including phenoxy) is 1. The summed E-state index contributed by atoms with van der Waals surface area (Å²) < 4.78 is 19.4. The quantitative estimate of drug-likeness (QED) is 0.854. The van der Waals surface area contributed by atoms with Gasteiger partial charge in [0.05, 0.1) is 6.61 Å². The van der Waals surface area contributed by atoms with E-state index in [4.69, 9.17) is 4.74 Å². The Hall–Kier alpha value is -0.680. The normalized spacial score (nSPS) is 20.4. The maximum absolute atomic E-state index is 13.6. The Morgan fingerprint density at radius 1 is 1.69 bits per heavy atom. The van der Waals surface area contributed by atoms with E-state index in [1.54, 1.807) is 13.3 Å². The molecule has 3 nitrogen and oxygen atoms in total. The van der Waals surface area contributed by atoms with Crippen molar-refractivity contribution in [3.05, 3.63) is 22.6 Å². The van der Waals surface area contributed by atoms with Gasteiger partial charge in [0.25, 0.3) is 0 Å². The molecule has 1 aromatic rings. The van der Waals surface area contributed by atoms with Gasteiger partial charge in [-0.1, -0.05) is 0 Å². The summed E-state index contributed by atoms with van der Waals surface area (Å²) >= 11 is 3.20. The number of anilines is 1. The summed E-state index contributed by atoms with van der Waals surface area (Å²) in [5.74, 6) is 0.657. The van der Waals surface area contributed by atoms with Gasteiger partial charge in [-0.25, -0.2) is 9.37 Å². The van der Waals surface area contributed by atoms with Crippen LogP contribution < -0.4 is 4.90 Å². The third kappa shape index (κ3) is 2.52. The Labute approximate surface area is 103 Å². The van der Waals surface area contributed by atoms with Crippen molar-refractivity contribution in [1.82, 2.24) is 4.98 Å². The minimum Gasteiger partial charge on any atom is -0.384 e. The van der Waals surface area contributed by atoms with E-state index >= 15 is 0 Å². The molecule has 5 heteroatoms. The van der Waals surface area contributed by atoms with E-state index in [-0.39, 0.29) is 5.82 Å². The number of halogens is 2. The molecule has 0 amide bonds. The van der Waals surface area contributed by atoms with Crippen molar-refractivity contribution < 1.29 is 9.13 Å². The first-order chi connectivity index (χ1) is 7.70. The van der Waals surface area contributed by atoms with Crippen molar-refractivity contribution in [2.24, 2.45) is 5.92 Å². The molecule has 1 saturated heterocycles. The molecule has 1 unspecified atom stereocenters. The van der Waals surface area contributed by atoms with E-state index in [2.05, 4.69) is 20.9 Å². The van der Waals surface area contributed by atoms with Crippen LogP contribution in [0, 0.1) is 11.7 Å². The van der Waals surface area contributed by atoms with Crippen LogP contribution in [-0.4, -0.2) is 31.8 Å². The van der Waals surface area contributed by atoms with Crippen molar-refractivity contribution in [1.29, 1.82) is 0 Å². The van der Waals surface area contributed by atoms with Crippen LogP contribution in [0.1, 0.15) is 6.42 Å². The lowest BCUT2D eigenvalue weighted by atomic mass is 10.1. The van der Waals surface area contributed by atoms with Gasteiger partial charge in [-0.3, -0.25) is 0 Å². The molecule has 0 saturated carbocycles. The van der Waals surface area contributed by atoms with Crippen LogP contribution in [0.5, 0.6) is 0 Å². The van der Waals surface area contributed by atoms with E-state index < -0.39 is 0 Å². The number of rotatable bonds is 3. The summed E-state index contributed by atoms with van der Waals surface area (Å²) in [7, 11) is 1.70. The highest BCUT2D eigenvalue weighted by Gasteiger charge is 2.25. The van der Waals surface area contributed by atoms with E-state index in [1.807, 2.05) is 4.90 Å². The third-order valence-corrected chi connectivity index (χ3v) is 3.21. The van der Waals surface area contributed by atoms with Gasteiger partial charge in [0.1, 0.15) is 0 Å². The molecule has 0 aromatic carbocycles. The average molecular weight is 289 g/mol. The molecule has 0 radical (unpaired) electrons. The summed E-state index contributed by atoms with van der Waals surface area (Å²) in [6.07, 6.45) is 2.66. The van der Waals surface area contributed by atoms with Crippen LogP contribution in [0.15, 0.2) is 16.7 Å². The summed E-state index contributed by atoms with van der Waals surface area (Å²) in [6, 6.07) is 1.45. The summed E-state index contributed by atoms with van der Waals surface area (Å²) in [5.41, 5.74) is 0. The molecular formula is C11H14BrFN2O. The van der Waals surface area contributed by atoms with Crippen LogP contribution in [0.4, 0.5) is 10.2 Å². The average Bonchev–Trinajstić information content (AvgIpc) is 2.67. The van der Waals surface area contributed by atoms with Gasteiger partial charge in [-0.15, -0.1) is 0 Å². The molecule has 1 aliphatic heterocycles. The fourth-order valence-corrected chi connectivity index (χ4v) is 2.34. The number of pyridine rings is 1. The van der Waals surface area contributed by atoms with Gasteiger partial charge in [-0.05, 0) is 28.4 Å². The van der Waals surface area contributed by atoms with Gasteiger partial charge >= 0.3 is 0 Å².